The number of fused-ring (bicyclic) bond motifs is 2. The molecule has 0 aromatic heterocycles. The van der Waals surface area contributed by atoms with Crippen LogP contribution in [0.5, 0.6) is 11.5 Å². The topological polar surface area (TPSA) is 18.5 Å². The zero-order valence-corrected chi connectivity index (χ0v) is 16.6. The third-order valence-corrected chi connectivity index (χ3v) is 6.30. The molecule has 7 rings (SSSR count). The van der Waals surface area contributed by atoms with Crippen LogP contribution in [0.3, 0.4) is 0 Å². The molecule has 160 valence electrons. The van der Waals surface area contributed by atoms with Crippen molar-refractivity contribution in [1.82, 2.24) is 0 Å². The van der Waals surface area contributed by atoms with Gasteiger partial charge in [0.1, 0.15) is 17.3 Å². The molecule has 0 atom stereocenters. The Labute approximate surface area is 180 Å². The van der Waals surface area contributed by atoms with Crippen LogP contribution in [-0.4, -0.2) is 17.4 Å². The van der Waals surface area contributed by atoms with Gasteiger partial charge >= 0.3 is 11.8 Å². The number of alkyl halides is 4. The first kappa shape index (κ1) is 19.2. The third-order valence-electron chi connectivity index (χ3n) is 6.30. The molecule has 0 unspecified atom stereocenters. The second-order valence-electron chi connectivity index (χ2n) is 8.18. The van der Waals surface area contributed by atoms with E-state index in [0.29, 0.717) is 5.39 Å². The maximum Gasteiger partial charge on any atom is 0.312 e. The zero-order valence-electron chi connectivity index (χ0n) is 16.6. The lowest BCUT2D eigenvalue weighted by Gasteiger charge is -2.52. The van der Waals surface area contributed by atoms with E-state index < -0.39 is 29.1 Å². The minimum Gasteiger partial charge on any atom is -0.470 e. The summed E-state index contributed by atoms with van der Waals surface area (Å²) < 4.78 is 70.9. The summed E-state index contributed by atoms with van der Waals surface area (Å²) in [5.74, 6) is -10.3. The molecule has 3 aliphatic rings. The molecule has 0 saturated heterocycles. The fourth-order valence-electron chi connectivity index (χ4n) is 4.67. The smallest absolute Gasteiger partial charge is 0.312 e. The lowest BCUT2D eigenvalue weighted by molar-refractivity contribution is -0.364. The maximum absolute atomic E-state index is 15.0. The number of rotatable bonds is 4. The van der Waals surface area contributed by atoms with Gasteiger partial charge in [0.25, 0.3) is 5.60 Å². The van der Waals surface area contributed by atoms with Gasteiger partial charge < -0.3 is 9.47 Å². The van der Waals surface area contributed by atoms with Gasteiger partial charge in [-0.2, -0.15) is 0 Å². The monoisotopic (exact) mass is 436 g/mol. The van der Waals surface area contributed by atoms with E-state index in [2.05, 4.69) is 0 Å². The number of hydrogen-bond acceptors (Lipinski definition) is 2. The number of allylic oxidation sites excluding steroid dienone is 1. The summed E-state index contributed by atoms with van der Waals surface area (Å²) in [5, 5.41) is 3.30. The van der Waals surface area contributed by atoms with Crippen LogP contribution in [0.4, 0.5) is 17.6 Å². The fraction of sp³-hybridized carbons (Fsp3) is 0.154. The van der Waals surface area contributed by atoms with Gasteiger partial charge in [-0.05, 0) is 45.8 Å². The Kier molecular flexibility index (Phi) is 3.74. The molecule has 3 aliphatic carbocycles. The van der Waals surface area contributed by atoms with E-state index in [1.54, 1.807) is 36.4 Å². The Bertz CT molecular complexity index is 1390. The second kappa shape index (κ2) is 6.25. The standard InChI is InChI=1S/C26H16F4O2/c27-25(28)23-22(31-20-11-9-16-5-1-3-7-18(16)13-20)15-24(25,26(23,29)30)32-21-12-10-17-6-2-4-8-19(17)14-21/h1-15,23H. The Morgan fingerprint density at radius 1 is 0.594 bits per heavy atom. The quantitative estimate of drug-likeness (QED) is 0.321. The van der Waals surface area contributed by atoms with Gasteiger partial charge in [-0.3, -0.25) is 0 Å². The molecule has 1 fully saturated rings. The molecule has 0 spiro atoms. The van der Waals surface area contributed by atoms with Crippen LogP contribution >= 0.6 is 0 Å². The maximum atomic E-state index is 15.0. The van der Waals surface area contributed by atoms with Crippen molar-refractivity contribution in [2.75, 3.05) is 0 Å². The molecular weight excluding hydrogens is 420 g/mol. The van der Waals surface area contributed by atoms with Gasteiger partial charge in [0.2, 0.25) is 0 Å². The molecule has 0 aliphatic heterocycles. The highest BCUT2D eigenvalue weighted by Gasteiger charge is 2.93. The highest BCUT2D eigenvalue weighted by Crippen LogP contribution is 2.71. The van der Waals surface area contributed by atoms with E-state index in [9.17, 15) is 0 Å². The Morgan fingerprint density at radius 2 is 1.09 bits per heavy atom. The summed E-state index contributed by atoms with van der Waals surface area (Å²) in [6, 6.07) is 24.1. The summed E-state index contributed by atoms with van der Waals surface area (Å²) in [5.41, 5.74) is -3.08. The Hall–Kier alpha value is -3.54. The van der Waals surface area contributed by atoms with Crippen LogP contribution in [0.2, 0.25) is 0 Å². The van der Waals surface area contributed by atoms with Crippen molar-refractivity contribution in [3.8, 4) is 11.5 Å². The molecular formula is C26H16F4O2. The van der Waals surface area contributed by atoms with E-state index in [-0.39, 0.29) is 11.5 Å². The van der Waals surface area contributed by atoms with Crippen molar-refractivity contribution in [3.05, 3.63) is 96.8 Å². The van der Waals surface area contributed by atoms with Crippen LogP contribution in [0.1, 0.15) is 0 Å². The van der Waals surface area contributed by atoms with Crippen molar-refractivity contribution in [1.29, 1.82) is 0 Å². The van der Waals surface area contributed by atoms with Crippen LogP contribution < -0.4 is 9.47 Å². The largest absolute Gasteiger partial charge is 0.470 e. The van der Waals surface area contributed by atoms with E-state index in [1.165, 1.54) is 12.1 Å². The van der Waals surface area contributed by atoms with Crippen molar-refractivity contribution in [3.63, 3.8) is 0 Å². The molecule has 0 heterocycles. The van der Waals surface area contributed by atoms with Gasteiger partial charge in [0.05, 0.1) is 0 Å². The molecule has 2 bridgehead atoms. The van der Waals surface area contributed by atoms with Gasteiger partial charge in [0, 0.05) is 6.08 Å². The predicted molar refractivity (Wildman–Crippen MR) is 113 cm³/mol. The first-order chi connectivity index (χ1) is 15.3. The van der Waals surface area contributed by atoms with Crippen LogP contribution in [0, 0.1) is 5.92 Å². The van der Waals surface area contributed by atoms with Gasteiger partial charge in [-0.15, -0.1) is 0 Å². The van der Waals surface area contributed by atoms with Gasteiger partial charge in [-0.25, -0.2) is 17.6 Å². The average Bonchev–Trinajstić information content (AvgIpc) is 3.15. The minimum absolute atomic E-state index is 0.0512. The summed E-state index contributed by atoms with van der Waals surface area (Å²) in [4.78, 5) is 0. The lowest BCUT2D eigenvalue weighted by Crippen LogP contribution is -2.77. The van der Waals surface area contributed by atoms with E-state index in [1.807, 2.05) is 36.4 Å². The van der Waals surface area contributed by atoms with Crippen LogP contribution in [-0.2, 0) is 0 Å². The highest BCUT2D eigenvalue weighted by molar-refractivity contribution is 5.84. The molecule has 32 heavy (non-hydrogen) atoms. The molecule has 0 amide bonds. The van der Waals surface area contributed by atoms with Gasteiger partial charge in [-0.1, -0.05) is 60.7 Å². The van der Waals surface area contributed by atoms with Crippen molar-refractivity contribution in [2.45, 2.75) is 17.4 Å². The van der Waals surface area contributed by atoms with Crippen LogP contribution in [0.15, 0.2) is 96.8 Å². The summed E-state index contributed by atoms with van der Waals surface area (Å²) in [6.07, 6.45) is 0.752. The predicted octanol–water partition coefficient (Wildman–Crippen LogP) is 6.99. The number of benzene rings is 4. The third kappa shape index (κ3) is 2.40. The zero-order chi connectivity index (χ0) is 22.1. The number of halogens is 4. The molecule has 1 saturated carbocycles. The minimum atomic E-state index is -3.81. The van der Waals surface area contributed by atoms with E-state index in [4.69, 9.17) is 9.47 Å². The molecule has 4 aromatic rings. The van der Waals surface area contributed by atoms with E-state index in [0.717, 1.165) is 22.2 Å². The molecule has 0 radical (unpaired) electrons. The molecule has 6 heteroatoms. The van der Waals surface area contributed by atoms with Crippen molar-refractivity contribution >= 4 is 21.5 Å². The molecule has 2 nitrogen and oxygen atoms in total. The summed E-state index contributed by atoms with van der Waals surface area (Å²) in [6.45, 7) is 0. The number of hydrogen-bond donors (Lipinski definition) is 0. The first-order valence-corrected chi connectivity index (χ1v) is 10.1. The summed E-state index contributed by atoms with van der Waals surface area (Å²) >= 11 is 0. The first-order valence-electron chi connectivity index (χ1n) is 10.1. The molecule has 4 aromatic carbocycles. The van der Waals surface area contributed by atoms with Crippen LogP contribution in [0.25, 0.3) is 21.5 Å². The lowest BCUT2D eigenvalue weighted by atomic mass is 9.69. The van der Waals surface area contributed by atoms with Crippen molar-refractivity contribution in [2.24, 2.45) is 5.92 Å². The van der Waals surface area contributed by atoms with Gasteiger partial charge in [0.15, 0.2) is 5.92 Å². The second-order valence-corrected chi connectivity index (χ2v) is 8.18. The normalized spacial score (nSPS) is 24.8. The Morgan fingerprint density at radius 3 is 1.69 bits per heavy atom. The fourth-order valence-corrected chi connectivity index (χ4v) is 4.67. The Balaban J connectivity index is 1.37. The van der Waals surface area contributed by atoms with Crippen molar-refractivity contribution < 1.29 is 27.0 Å². The number of ether oxygens (including phenoxy) is 2. The van der Waals surface area contributed by atoms with E-state index >= 15 is 17.6 Å². The highest BCUT2D eigenvalue weighted by atomic mass is 19.3. The summed E-state index contributed by atoms with van der Waals surface area (Å²) in [7, 11) is 0. The SMILES string of the molecule is FC1(F)C2C(Oc3ccc4ccccc4c3)=CC1(Oc1ccc3ccccc3c1)C2(F)F. The average molecular weight is 436 g/mol. The molecule has 0 N–H and O–H groups in total.